The highest BCUT2D eigenvalue weighted by molar-refractivity contribution is 5.79. The van der Waals surface area contributed by atoms with Crippen LogP contribution in [0.5, 0.6) is 0 Å². The van der Waals surface area contributed by atoms with E-state index in [9.17, 15) is 4.79 Å². The number of hydrogen-bond acceptors (Lipinski definition) is 7. The molecule has 2 aliphatic rings. The summed E-state index contributed by atoms with van der Waals surface area (Å²) in [5.74, 6) is 2.52. The van der Waals surface area contributed by atoms with E-state index >= 15 is 0 Å². The highest BCUT2D eigenvalue weighted by Gasteiger charge is 2.32. The maximum absolute atomic E-state index is 13.2. The van der Waals surface area contributed by atoms with E-state index in [2.05, 4.69) is 33.6 Å². The number of para-hydroxylation sites is 2. The average Bonchev–Trinajstić information content (AvgIpc) is 3.28. The molecular formula is C25H32N6O2. The summed E-state index contributed by atoms with van der Waals surface area (Å²) in [5.41, 5.74) is 2.68. The molecule has 0 N–H and O–H groups in total. The van der Waals surface area contributed by atoms with Gasteiger partial charge in [-0.25, -0.2) is 9.97 Å². The van der Waals surface area contributed by atoms with Gasteiger partial charge >= 0.3 is 0 Å². The van der Waals surface area contributed by atoms with Crippen LogP contribution in [0.3, 0.4) is 0 Å². The zero-order valence-corrected chi connectivity index (χ0v) is 19.7. The van der Waals surface area contributed by atoms with Crippen LogP contribution in [0.15, 0.2) is 34.7 Å². The van der Waals surface area contributed by atoms with E-state index in [1.54, 1.807) is 0 Å². The Morgan fingerprint density at radius 3 is 2.39 bits per heavy atom. The Morgan fingerprint density at radius 1 is 0.970 bits per heavy atom. The third-order valence-corrected chi connectivity index (χ3v) is 6.69. The van der Waals surface area contributed by atoms with E-state index in [1.165, 1.54) is 0 Å². The Bertz CT molecular complexity index is 1090. The maximum Gasteiger partial charge on any atom is 0.298 e. The van der Waals surface area contributed by atoms with Crippen molar-refractivity contribution in [2.75, 3.05) is 49.1 Å². The van der Waals surface area contributed by atoms with E-state index in [0.29, 0.717) is 11.9 Å². The fraction of sp³-hybridized carbons (Fsp3) is 0.520. The van der Waals surface area contributed by atoms with Crippen LogP contribution >= 0.6 is 0 Å². The molecule has 5 rings (SSSR count). The molecule has 2 fully saturated rings. The van der Waals surface area contributed by atoms with Crippen molar-refractivity contribution in [1.82, 2.24) is 19.9 Å². The van der Waals surface area contributed by atoms with Crippen molar-refractivity contribution in [2.45, 2.75) is 39.5 Å². The van der Waals surface area contributed by atoms with Gasteiger partial charge in [-0.3, -0.25) is 4.79 Å². The van der Waals surface area contributed by atoms with E-state index in [1.807, 2.05) is 42.2 Å². The van der Waals surface area contributed by atoms with Gasteiger partial charge in [0.2, 0.25) is 5.91 Å². The van der Waals surface area contributed by atoms with Crippen LogP contribution in [0.1, 0.15) is 44.1 Å². The van der Waals surface area contributed by atoms with Crippen molar-refractivity contribution >= 4 is 28.8 Å². The highest BCUT2D eigenvalue weighted by atomic mass is 16.4. The molecule has 0 spiro atoms. The smallest absolute Gasteiger partial charge is 0.298 e. The van der Waals surface area contributed by atoms with Crippen LogP contribution in [-0.4, -0.2) is 65.0 Å². The number of fused-ring (bicyclic) bond motifs is 1. The predicted molar refractivity (Wildman–Crippen MR) is 129 cm³/mol. The van der Waals surface area contributed by atoms with Crippen molar-refractivity contribution in [1.29, 1.82) is 0 Å². The van der Waals surface area contributed by atoms with Gasteiger partial charge in [-0.05, 0) is 31.9 Å². The van der Waals surface area contributed by atoms with Crippen molar-refractivity contribution in [3.05, 3.63) is 41.9 Å². The minimum absolute atomic E-state index is 0.0750. The summed E-state index contributed by atoms with van der Waals surface area (Å²) in [7, 11) is 0. The van der Waals surface area contributed by atoms with E-state index in [4.69, 9.17) is 9.40 Å². The molecule has 0 radical (unpaired) electrons. The average molecular weight is 449 g/mol. The number of piperazine rings is 1. The Hall–Kier alpha value is -3.16. The van der Waals surface area contributed by atoms with Crippen LogP contribution in [-0.2, 0) is 4.79 Å². The van der Waals surface area contributed by atoms with Crippen LogP contribution in [0.4, 0.5) is 11.8 Å². The molecule has 3 aromatic rings. The van der Waals surface area contributed by atoms with E-state index < -0.39 is 0 Å². The molecule has 0 aliphatic carbocycles. The molecule has 2 aromatic heterocycles. The summed E-state index contributed by atoms with van der Waals surface area (Å²) in [6, 6.07) is 10.5. The van der Waals surface area contributed by atoms with Gasteiger partial charge < -0.3 is 19.1 Å². The zero-order valence-electron chi connectivity index (χ0n) is 19.7. The molecule has 2 aliphatic heterocycles. The first-order valence-corrected chi connectivity index (χ1v) is 12.0. The molecular weight excluding hydrogens is 416 g/mol. The number of amides is 1. The van der Waals surface area contributed by atoms with Gasteiger partial charge in [0, 0.05) is 62.9 Å². The molecule has 0 saturated carbocycles. The normalized spacial score (nSPS) is 17.9. The third-order valence-electron chi connectivity index (χ3n) is 6.69. The first-order chi connectivity index (χ1) is 16.0. The summed E-state index contributed by atoms with van der Waals surface area (Å²) in [6.45, 7) is 10.9. The lowest BCUT2D eigenvalue weighted by molar-refractivity contribution is -0.136. The minimum atomic E-state index is 0.0750. The fourth-order valence-corrected chi connectivity index (χ4v) is 4.72. The molecule has 0 atom stereocenters. The molecule has 1 amide bonds. The maximum atomic E-state index is 13.2. The van der Waals surface area contributed by atoms with Crippen LogP contribution in [0.25, 0.3) is 11.1 Å². The van der Waals surface area contributed by atoms with Gasteiger partial charge in [-0.15, -0.1) is 0 Å². The molecule has 174 valence electrons. The Balaban J connectivity index is 1.16. The summed E-state index contributed by atoms with van der Waals surface area (Å²) >= 11 is 0. The Labute approximate surface area is 194 Å². The van der Waals surface area contributed by atoms with E-state index in [-0.39, 0.29) is 11.8 Å². The molecule has 8 nitrogen and oxygen atoms in total. The lowest BCUT2D eigenvalue weighted by atomic mass is 9.95. The number of aromatic nitrogens is 3. The minimum Gasteiger partial charge on any atom is -0.423 e. The third kappa shape index (κ3) is 4.51. The van der Waals surface area contributed by atoms with Crippen molar-refractivity contribution < 1.29 is 9.21 Å². The molecule has 8 heteroatoms. The molecule has 0 unspecified atom stereocenters. The molecule has 1 aromatic carbocycles. The van der Waals surface area contributed by atoms with Gasteiger partial charge in [-0.1, -0.05) is 26.0 Å². The first kappa shape index (κ1) is 21.7. The summed E-state index contributed by atoms with van der Waals surface area (Å²) < 4.78 is 5.91. The Kier molecular flexibility index (Phi) is 5.91. The second kappa shape index (κ2) is 9.00. The topological polar surface area (TPSA) is 78.6 Å². The number of carbonyl (C=O) groups is 1. The number of rotatable bonds is 4. The van der Waals surface area contributed by atoms with Crippen molar-refractivity contribution in [2.24, 2.45) is 5.92 Å². The fourth-order valence-electron chi connectivity index (χ4n) is 4.72. The zero-order chi connectivity index (χ0) is 22.9. The summed E-state index contributed by atoms with van der Waals surface area (Å²) in [4.78, 5) is 33.6. The summed E-state index contributed by atoms with van der Waals surface area (Å²) in [6.07, 6.45) is 1.67. The highest BCUT2D eigenvalue weighted by Crippen LogP contribution is 2.28. The summed E-state index contributed by atoms with van der Waals surface area (Å²) in [5, 5.41) is 0. The number of anilines is 2. The van der Waals surface area contributed by atoms with Crippen molar-refractivity contribution in [3.8, 4) is 0 Å². The Morgan fingerprint density at radius 2 is 1.70 bits per heavy atom. The standard InChI is InChI=1S/C25H32N6O2/c1-17(2)23-26-18(3)16-22(28-23)29-12-14-30(15-13-29)24(32)19-8-10-31(11-9-19)25-27-20-6-4-5-7-21(20)33-25/h4-7,16-17,19H,8-15H2,1-3H3. The van der Waals surface area contributed by atoms with Gasteiger partial charge in [0.05, 0.1) is 0 Å². The molecule has 2 saturated heterocycles. The largest absolute Gasteiger partial charge is 0.423 e. The predicted octanol–water partition coefficient (Wildman–Crippen LogP) is 3.61. The second-order valence-electron chi connectivity index (χ2n) is 9.42. The SMILES string of the molecule is Cc1cc(N2CCN(C(=O)C3CCN(c4nc5ccccc5o4)CC3)CC2)nc(C(C)C)n1. The number of oxazole rings is 1. The number of carbonyl (C=O) groups excluding carboxylic acids is 1. The lowest BCUT2D eigenvalue weighted by Crippen LogP contribution is -2.52. The van der Waals surface area contributed by atoms with Crippen LogP contribution < -0.4 is 9.80 Å². The number of piperidine rings is 1. The second-order valence-corrected chi connectivity index (χ2v) is 9.42. The van der Waals surface area contributed by atoms with Crippen molar-refractivity contribution in [3.63, 3.8) is 0 Å². The molecule has 33 heavy (non-hydrogen) atoms. The quantitative estimate of drug-likeness (QED) is 0.603. The van der Waals surface area contributed by atoms with Gasteiger partial charge in [0.1, 0.15) is 17.2 Å². The van der Waals surface area contributed by atoms with Gasteiger partial charge in [0.15, 0.2) is 5.58 Å². The van der Waals surface area contributed by atoms with Crippen LogP contribution in [0.2, 0.25) is 0 Å². The lowest BCUT2D eigenvalue weighted by Gasteiger charge is -2.38. The first-order valence-electron chi connectivity index (χ1n) is 12.0. The van der Waals surface area contributed by atoms with Crippen LogP contribution in [0, 0.1) is 12.8 Å². The van der Waals surface area contributed by atoms with Gasteiger partial charge in [0.25, 0.3) is 6.01 Å². The molecule has 0 bridgehead atoms. The number of aryl methyl sites for hydroxylation is 1. The molecule has 4 heterocycles. The monoisotopic (exact) mass is 448 g/mol. The van der Waals surface area contributed by atoms with E-state index in [0.717, 1.165) is 80.5 Å². The number of nitrogens with zero attached hydrogens (tertiary/aromatic N) is 6. The van der Waals surface area contributed by atoms with Gasteiger partial charge in [-0.2, -0.15) is 4.98 Å². The number of hydrogen-bond donors (Lipinski definition) is 0. The number of benzene rings is 1.